The number of hydrogen-bond acceptors (Lipinski definition) is 5. The van der Waals surface area contributed by atoms with Crippen molar-refractivity contribution >= 4 is 17.7 Å². The van der Waals surface area contributed by atoms with E-state index in [-0.39, 0.29) is 29.7 Å². The van der Waals surface area contributed by atoms with E-state index in [4.69, 9.17) is 0 Å². The van der Waals surface area contributed by atoms with E-state index in [0.29, 0.717) is 18.7 Å². The molecule has 0 bridgehead atoms. The van der Waals surface area contributed by atoms with Crippen LogP contribution in [-0.2, 0) is 19.8 Å². The predicted molar refractivity (Wildman–Crippen MR) is 168 cm³/mol. The van der Waals surface area contributed by atoms with Gasteiger partial charge in [0.1, 0.15) is 6.04 Å². The second-order valence-corrected chi connectivity index (χ2v) is 13.7. The van der Waals surface area contributed by atoms with Gasteiger partial charge >= 0.3 is 0 Å². The number of piperazine rings is 1. The normalized spacial score (nSPS) is 17.7. The molecule has 1 fully saturated rings. The summed E-state index contributed by atoms with van der Waals surface area (Å²) in [7, 11) is 5.61. The molecular formula is C33H55N5O3. The van der Waals surface area contributed by atoms with E-state index < -0.39 is 22.9 Å². The van der Waals surface area contributed by atoms with Crippen molar-refractivity contribution in [2.75, 3.05) is 47.3 Å². The van der Waals surface area contributed by atoms with Gasteiger partial charge in [0.15, 0.2) is 0 Å². The first kappa shape index (κ1) is 34.5. The van der Waals surface area contributed by atoms with Crippen LogP contribution in [0.1, 0.15) is 66.5 Å². The number of aryl methyl sites for hydroxylation is 1. The topological polar surface area (TPSA) is 85.0 Å². The van der Waals surface area contributed by atoms with Crippen LogP contribution < -0.4 is 10.6 Å². The Bertz CT molecular complexity index is 1100. The van der Waals surface area contributed by atoms with Crippen molar-refractivity contribution < 1.29 is 14.4 Å². The Morgan fingerprint density at radius 1 is 1.00 bits per heavy atom. The van der Waals surface area contributed by atoms with Crippen molar-refractivity contribution in [1.82, 2.24) is 25.3 Å². The molecule has 3 atom stereocenters. The van der Waals surface area contributed by atoms with Crippen LogP contribution >= 0.6 is 0 Å². The van der Waals surface area contributed by atoms with E-state index in [9.17, 15) is 14.4 Å². The van der Waals surface area contributed by atoms with Crippen molar-refractivity contribution in [3.8, 4) is 0 Å². The van der Waals surface area contributed by atoms with Gasteiger partial charge in [0.2, 0.25) is 17.7 Å². The van der Waals surface area contributed by atoms with Gasteiger partial charge in [0.25, 0.3) is 0 Å². The van der Waals surface area contributed by atoms with Gasteiger partial charge < -0.3 is 25.3 Å². The van der Waals surface area contributed by atoms with Crippen molar-refractivity contribution in [2.24, 2.45) is 11.3 Å². The Hall–Kier alpha value is -2.71. The van der Waals surface area contributed by atoms with Gasteiger partial charge in [-0.3, -0.25) is 14.4 Å². The fourth-order valence-corrected chi connectivity index (χ4v) is 5.59. The maximum Gasteiger partial charge on any atom is 0.249 e. The minimum Gasteiger partial charge on any atom is -0.342 e. The molecule has 2 N–H and O–H groups in total. The lowest BCUT2D eigenvalue weighted by Crippen LogP contribution is -2.61. The summed E-state index contributed by atoms with van der Waals surface area (Å²) in [5, 5.41) is 6.32. The summed E-state index contributed by atoms with van der Waals surface area (Å²) in [6.45, 7) is 21.1. The molecule has 8 heteroatoms. The third-order valence-corrected chi connectivity index (χ3v) is 8.46. The highest BCUT2D eigenvalue weighted by Gasteiger charge is 2.41. The van der Waals surface area contributed by atoms with Crippen LogP contribution in [-0.4, -0.2) is 97.9 Å². The third-order valence-electron chi connectivity index (χ3n) is 8.46. The molecule has 41 heavy (non-hydrogen) atoms. The number of hydrogen-bond donors (Lipinski definition) is 2. The Labute approximate surface area is 248 Å². The molecule has 1 heterocycles. The fraction of sp³-hybridized carbons (Fsp3) is 0.667. The number of benzene rings is 1. The summed E-state index contributed by atoms with van der Waals surface area (Å²) < 4.78 is 0. The smallest absolute Gasteiger partial charge is 0.249 e. The summed E-state index contributed by atoms with van der Waals surface area (Å²) in [6, 6.07) is 6.56. The predicted octanol–water partition coefficient (Wildman–Crippen LogP) is 3.59. The first-order valence-corrected chi connectivity index (χ1v) is 14.9. The zero-order valence-electron chi connectivity index (χ0n) is 27.6. The average molecular weight is 570 g/mol. The minimum absolute atomic E-state index is 0.0144. The Kier molecular flexibility index (Phi) is 11.8. The molecule has 1 aromatic rings. The van der Waals surface area contributed by atoms with Gasteiger partial charge in [-0.05, 0) is 44.8 Å². The summed E-state index contributed by atoms with van der Waals surface area (Å²) in [6.07, 6.45) is 1.92. The summed E-state index contributed by atoms with van der Waals surface area (Å²) in [4.78, 5) is 46.9. The number of nitrogens with one attached hydrogen (secondary N) is 2. The molecule has 0 radical (unpaired) electrons. The van der Waals surface area contributed by atoms with Gasteiger partial charge in [-0.15, -0.1) is 0 Å². The van der Waals surface area contributed by atoms with Crippen LogP contribution in [0.4, 0.5) is 0 Å². The summed E-state index contributed by atoms with van der Waals surface area (Å²) in [5.41, 5.74) is 1.76. The van der Waals surface area contributed by atoms with Crippen LogP contribution in [0.25, 0.3) is 0 Å². The first-order valence-electron chi connectivity index (χ1n) is 14.9. The largest absolute Gasteiger partial charge is 0.342 e. The van der Waals surface area contributed by atoms with Gasteiger partial charge in [0.05, 0.1) is 12.1 Å². The Morgan fingerprint density at radius 2 is 1.59 bits per heavy atom. The highest BCUT2D eigenvalue weighted by Crippen LogP contribution is 2.29. The number of nitrogens with zero attached hydrogens (tertiary/aromatic N) is 3. The van der Waals surface area contributed by atoms with Crippen LogP contribution in [0, 0.1) is 18.3 Å². The van der Waals surface area contributed by atoms with Gasteiger partial charge in [-0.2, -0.15) is 0 Å². The zero-order chi connectivity index (χ0) is 31.3. The second kappa shape index (κ2) is 14.0. The summed E-state index contributed by atoms with van der Waals surface area (Å²) in [5.74, 6) is -0.316. The first-order chi connectivity index (χ1) is 18.9. The SMILES string of the molecule is CN[C@H](C(=O)N[C@H](C(=O)N(C)[C@H](/C=C(\C)C(=O)N1CCN(C)CC1)C(C)C)C(C)(C)C)C(C)(C)c1cccc(C)c1. The standard InChI is InChI=1S/C33H55N5O3/c1-22(2)26(21-24(4)30(40)38-18-16-36(11)17-19-38)37(12)31(41)28(32(5,6)7)35-29(39)27(34-10)33(8,9)25-15-13-14-23(3)20-25/h13-15,20-22,26-28,34H,16-19H2,1-12H3,(H,35,39)/b24-21+/t26-,27-,28-/m1/s1. The second-order valence-electron chi connectivity index (χ2n) is 13.7. The molecule has 8 nitrogen and oxygen atoms in total. The Morgan fingerprint density at radius 3 is 2.07 bits per heavy atom. The van der Waals surface area contributed by atoms with Gasteiger partial charge in [-0.25, -0.2) is 0 Å². The van der Waals surface area contributed by atoms with Gasteiger partial charge in [-0.1, -0.05) is 84.4 Å². The van der Waals surface area contributed by atoms with Crippen LogP contribution in [0.2, 0.25) is 0 Å². The number of carbonyl (C=O) groups excluding carboxylic acids is 3. The lowest BCUT2D eigenvalue weighted by atomic mass is 9.76. The van der Waals surface area contributed by atoms with Crippen molar-refractivity contribution in [2.45, 2.75) is 85.9 Å². The third kappa shape index (κ3) is 8.65. The van der Waals surface area contributed by atoms with Crippen molar-refractivity contribution in [1.29, 1.82) is 0 Å². The molecule has 1 aromatic carbocycles. The Balaban J connectivity index is 2.31. The van der Waals surface area contributed by atoms with E-state index in [0.717, 1.165) is 24.2 Å². The zero-order valence-corrected chi connectivity index (χ0v) is 27.6. The number of rotatable bonds is 10. The fourth-order valence-electron chi connectivity index (χ4n) is 5.59. The molecule has 1 saturated heterocycles. The van der Waals surface area contributed by atoms with Crippen LogP contribution in [0.15, 0.2) is 35.9 Å². The van der Waals surface area contributed by atoms with Crippen molar-refractivity contribution in [3.05, 3.63) is 47.0 Å². The lowest BCUT2D eigenvalue weighted by molar-refractivity contribution is -0.141. The van der Waals surface area contributed by atoms with Crippen LogP contribution in [0.3, 0.4) is 0 Å². The average Bonchev–Trinajstić information content (AvgIpc) is 2.88. The summed E-state index contributed by atoms with van der Waals surface area (Å²) >= 11 is 0. The highest BCUT2D eigenvalue weighted by atomic mass is 16.2. The highest BCUT2D eigenvalue weighted by molar-refractivity contribution is 5.94. The molecule has 2 rings (SSSR count). The number of amides is 3. The minimum atomic E-state index is -0.757. The molecule has 230 valence electrons. The van der Waals surface area contributed by atoms with E-state index in [1.165, 1.54) is 0 Å². The monoisotopic (exact) mass is 569 g/mol. The maximum absolute atomic E-state index is 14.1. The number of carbonyl (C=O) groups is 3. The molecule has 0 saturated carbocycles. The van der Waals surface area contributed by atoms with E-state index >= 15 is 0 Å². The van der Waals surface area contributed by atoms with Crippen LogP contribution in [0.5, 0.6) is 0 Å². The molecule has 0 spiro atoms. The van der Waals surface area contributed by atoms with Crippen molar-refractivity contribution in [3.63, 3.8) is 0 Å². The molecule has 0 unspecified atom stereocenters. The lowest BCUT2D eigenvalue weighted by Gasteiger charge is -2.40. The van der Waals surface area contributed by atoms with E-state index in [2.05, 4.69) is 28.6 Å². The van der Waals surface area contributed by atoms with E-state index in [1.807, 2.05) is 91.5 Å². The molecular weight excluding hydrogens is 514 g/mol. The maximum atomic E-state index is 14.1. The van der Waals surface area contributed by atoms with E-state index in [1.54, 1.807) is 19.0 Å². The number of likely N-dealkylation sites (N-methyl/N-ethyl adjacent to an activating group) is 3. The molecule has 1 aliphatic heterocycles. The molecule has 1 aliphatic rings. The quantitative estimate of drug-likeness (QED) is 0.421. The molecule has 0 aliphatic carbocycles. The molecule has 0 aromatic heterocycles. The van der Waals surface area contributed by atoms with Gasteiger partial charge in [0, 0.05) is 44.2 Å². The molecule has 3 amide bonds.